The van der Waals surface area contributed by atoms with Gasteiger partial charge in [-0.2, -0.15) is 0 Å². The van der Waals surface area contributed by atoms with E-state index >= 15 is 0 Å². The minimum Gasteiger partial charge on any atom is -0.409 e. The Kier molecular flexibility index (Phi) is 6.95. The minimum atomic E-state index is -0.445. The summed E-state index contributed by atoms with van der Waals surface area (Å²) in [4.78, 5) is 46.2. The predicted molar refractivity (Wildman–Crippen MR) is 127 cm³/mol. The zero-order chi connectivity index (χ0) is 25.0. The maximum Gasteiger partial charge on any atom is 0.272 e. The number of oxime groups is 1. The van der Waals surface area contributed by atoms with Gasteiger partial charge in [-0.05, 0) is 20.8 Å². The summed E-state index contributed by atoms with van der Waals surface area (Å²) >= 11 is 0. The van der Waals surface area contributed by atoms with E-state index in [0.717, 1.165) is 0 Å². The summed E-state index contributed by atoms with van der Waals surface area (Å²) in [6.07, 6.45) is 4.76. The van der Waals surface area contributed by atoms with E-state index < -0.39 is 11.8 Å². The van der Waals surface area contributed by atoms with Crippen molar-refractivity contribution in [2.24, 2.45) is 10.9 Å². The van der Waals surface area contributed by atoms with E-state index in [-0.39, 0.29) is 36.1 Å². The lowest BCUT2D eigenvalue weighted by molar-refractivity contribution is 0.0947. The van der Waals surface area contributed by atoms with Gasteiger partial charge in [0.15, 0.2) is 0 Å². The van der Waals surface area contributed by atoms with Gasteiger partial charge in [-0.25, -0.2) is 0 Å². The van der Waals surface area contributed by atoms with Gasteiger partial charge in [0.2, 0.25) is 0 Å². The second kappa shape index (κ2) is 9.85. The van der Waals surface area contributed by atoms with E-state index in [9.17, 15) is 14.4 Å². The Morgan fingerprint density at radius 2 is 1.32 bits per heavy atom. The van der Waals surface area contributed by atoms with Crippen LogP contribution >= 0.6 is 0 Å². The second-order valence-corrected chi connectivity index (χ2v) is 7.65. The van der Waals surface area contributed by atoms with Gasteiger partial charge >= 0.3 is 0 Å². The van der Waals surface area contributed by atoms with Gasteiger partial charge in [-0.15, -0.1) is 0 Å². The van der Waals surface area contributed by atoms with E-state index in [1.807, 2.05) is 0 Å². The number of aromatic amines is 3. The monoisotopic (exact) mass is 469 g/mol. The molecule has 0 aliphatic carbocycles. The number of nitrogens with zero attached hydrogens (tertiary/aromatic N) is 1. The van der Waals surface area contributed by atoms with Crippen LogP contribution in [0.5, 0.6) is 0 Å². The van der Waals surface area contributed by atoms with Gasteiger partial charge in [-0.3, -0.25) is 14.4 Å². The first-order valence-electron chi connectivity index (χ1n) is 10.3. The Morgan fingerprint density at radius 3 is 1.79 bits per heavy atom. The molecule has 0 bridgehead atoms. The number of nitrogens with one attached hydrogen (secondary N) is 6. The molecule has 0 saturated carbocycles. The number of hydrogen-bond donors (Lipinski definition) is 9. The number of carbonyl (C=O) groups is 3. The molecule has 0 spiro atoms. The van der Waals surface area contributed by atoms with E-state index in [4.69, 9.17) is 16.7 Å². The van der Waals surface area contributed by atoms with Crippen LogP contribution in [0, 0.1) is 20.8 Å². The van der Waals surface area contributed by atoms with Crippen LogP contribution in [0.2, 0.25) is 0 Å². The molecule has 3 aromatic heterocycles. The molecular formula is C21H27N9O4. The van der Waals surface area contributed by atoms with Crippen molar-refractivity contribution in [3.8, 4) is 0 Å². The Bertz CT molecular complexity index is 1270. The summed E-state index contributed by atoms with van der Waals surface area (Å²) in [5.41, 5.74) is 15.1. The van der Waals surface area contributed by atoms with Crippen molar-refractivity contribution in [3.05, 3.63) is 52.4 Å². The Morgan fingerprint density at radius 1 is 0.853 bits per heavy atom. The van der Waals surface area contributed by atoms with Crippen molar-refractivity contribution < 1.29 is 19.6 Å². The first-order chi connectivity index (χ1) is 16.1. The zero-order valence-corrected chi connectivity index (χ0v) is 18.9. The minimum absolute atomic E-state index is 0.000462. The summed E-state index contributed by atoms with van der Waals surface area (Å²) < 4.78 is 0. The molecule has 3 heterocycles. The first-order valence-corrected chi connectivity index (χ1v) is 10.3. The van der Waals surface area contributed by atoms with Gasteiger partial charge in [0.05, 0.1) is 17.1 Å². The normalized spacial score (nSPS) is 11.3. The quantitative estimate of drug-likeness (QED) is 0.103. The zero-order valence-electron chi connectivity index (χ0n) is 18.9. The fourth-order valence-corrected chi connectivity index (χ4v) is 3.28. The first kappa shape index (κ1) is 24.0. The van der Waals surface area contributed by atoms with Gasteiger partial charge in [0.1, 0.15) is 22.9 Å². The topological polar surface area (TPSA) is 219 Å². The molecule has 0 atom stereocenters. The lowest BCUT2D eigenvalue weighted by atomic mass is 10.2. The van der Waals surface area contributed by atoms with E-state index in [1.54, 1.807) is 27.0 Å². The number of aromatic nitrogens is 3. The fourth-order valence-electron chi connectivity index (χ4n) is 3.28. The summed E-state index contributed by atoms with van der Waals surface area (Å²) in [6.45, 7) is 5.29. The number of hydrogen-bond acceptors (Lipinski definition) is 6. The summed E-state index contributed by atoms with van der Waals surface area (Å²) in [6, 6.07) is 0. The van der Waals surface area contributed by atoms with Crippen LogP contribution in [0.4, 0.5) is 17.1 Å². The molecule has 0 unspecified atom stereocenters. The van der Waals surface area contributed by atoms with E-state index in [2.05, 4.69) is 36.1 Å². The number of carbonyl (C=O) groups excluding carboxylic acids is 3. The molecule has 0 radical (unpaired) electrons. The van der Waals surface area contributed by atoms with Crippen molar-refractivity contribution in [2.75, 3.05) is 22.9 Å². The van der Waals surface area contributed by atoms with Crippen LogP contribution in [0.15, 0.2) is 23.7 Å². The largest absolute Gasteiger partial charge is 0.409 e. The van der Waals surface area contributed by atoms with Gasteiger partial charge in [0.25, 0.3) is 17.7 Å². The van der Waals surface area contributed by atoms with Crippen LogP contribution in [-0.2, 0) is 0 Å². The number of nitrogens with two attached hydrogens (primary N) is 2. The maximum atomic E-state index is 12.8. The summed E-state index contributed by atoms with van der Waals surface area (Å²) in [5.74, 6) is -1.22. The molecule has 13 nitrogen and oxygen atoms in total. The van der Waals surface area contributed by atoms with Crippen LogP contribution < -0.4 is 27.4 Å². The number of nitrogen functional groups attached to an aromatic ring is 1. The Balaban J connectivity index is 1.66. The molecule has 3 amide bonds. The Hall–Kier alpha value is -4.68. The van der Waals surface area contributed by atoms with Crippen molar-refractivity contribution in [1.82, 2.24) is 20.3 Å². The highest BCUT2D eigenvalue weighted by molar-refractivity contribution is 6.09. The number of amidine groups is 1. The van der Waals surface area contributed by atoms with Gasteiger partial charge in [0, 0.05) is 48.2 Å². The second-order valence-electron chi connectivity index (χ2n) is 7.65. The highest BCUT2D eigenvalue weighted by Gasteiger charge is 2.21. The lowest BCUT2D eigenvalue weighted by Gasteiger charge is -2.07. The third kappa shape index (κ3) is 4.87. The average molecular weight is 470 g/mol. The molecule has 0 fully saturated rings. The number of amides is 3. The number of rotatable bonds is 8. The lowest BCUT2D eigenvalue weighted by Crippen LogP contribution is -2.28. The smallest absolute Gasteiger partial charge is 0.272 e. The third-order valence-electron chi connectivity index (χ3n) is 5.43. The number of H-pyrrole nitrogens is 3. The van der Waals surface area contributed by atoms with E-state index in [0.29, 0.717) is 39.4 Å². The fraction of sp³-hybridized carbons (Fsp3) is 0.238. The third-order valence-corrected chi connectivity index (χ3v) is 5.43. The molecule has 13 heteroatoms. The average Bonchev–Trinajstić information content (AvgIpc) is 3.46. The van der Waals surface area contributed by atoms with Crippen molar-refractivity contribution >= 4 is 40.6 Å². The molecular weight excluding hydrogens is 442 g/mol. The molecule has 0 aromatic carbocycles. The van der Waals surface area contributed by atoms with Crippen molar-refractivity contribution in [2.45, 2.75) is 27.2 Å². The number of anilines is 3. The molecule has 3 aromatic rings. The van der Waals surface area contributed by atoms with Crippen LogP contribution in [0.25, 0.3) is 0 Å². The van der Waals surface area contributed by atoms with Crippen molar-refractivity contribution in [1.29, 1.82) is 0 Å². The van der Waals surface area contributed by atoms with Crippen LogP contribution in [0.1, 0.15) is 54.6 Å². The summed E-state index contributed by atoms with van der Waals surface area (Å²) in [5, 5.41) is 19.5. The predicted octanol–water partition coefficient (Wildman–Crippen LogP) is 1.55. The summed E-state index contributed by atoms with van der Waals surface area (Å²) in [7, 11) is 0. The molecule has 3 rings (SSSR count). The van der Waals surface area contributed by atoms with Crippen molar-refractivity contribution in [3.63, 3.8) is 0 Å². The molecule has 180 valence electrons. The van der Waals surface area contributed by atoms with Crippen LogP contribution in [0.3, 0.4) is 0 Å². The molecule has 11 N–H and O–H groups in total. The SMILES string of the molecule is Cc1c(N)c[nH]c1C(=O)Nc1c[nH]c(C(=O)Nc2c[nH]c(C(=O)NCCC(N)=NO)c2C)c1C. The van der Waals surface area contributed by atoms with E-state index in [1.165, 1.54) is 12.4 Å². The Labute approximate surface area is 194 Å². The highest BCUT2D eigenvalue weighted by Crippen LogP contribution is 2.24. The molecule has 0 saturated heterocycles. The maximum absolute atomic E-state index is 12.8. The molecule has 0 aliphatic rings. The molecule has 34 heavy (non-hydrogen) atoms. The van der Waals surface area contributed by atoms with Crippen LogP contribution in [-0.4, -0.2) is 50.3 Å². The van der Waals surface area contributed by atoms with Gasteiger partial charge in [-0.1, -0.05) is 5.16 Å². The molecule has 0 aliphatic heterocycles. The highest BCUT2D eigenvalue weighted by atomic mass is 16.4. The standard InChI is InChI=1S/C21H27N9O4/c1-9-12(22)6-25-16(9)20(32)28-14-8-27-18(11(14)3)21(33)29-13-7-26-17(10(13)2)19(31)24-5-4-15(23)30-34/h6-8,25-27,34H,4-5,22H2,1-3H3,(H2,23,30)(H,24,31)(H,28,32)(H,29,33). The van der Waals surface area contributed by atoms with Gasteiger partial charge < -0.3 is 47.6 Å².